The number of aryl methyl sites for hydroxylation is 2. The Hall–Kier alpha value is -2.97. The first kappa shape index (κ1) is 38.3. The van der Waals surface area contributed by atoms with Crippen LogP contribution in [0.1, 0.15) is 125 Å². The van der Waals surface area contributed by atoms with E-state index in [1.165, 1.54) is 54.4 Å². The van der Waals surface area contributed by atoms with E-state index in [0.29, 0.717) is 11.0 Å². The average molecular weight is 741 g/mol. The number of aliphatic carboxylic acids is 1. The van der Waals surface area contributed by atoms with Gasteiger partial charge >= 0.3 is 5.97 Å². The number of aromatic nitrogens is 1. The molecule has 0 bridgehead atoms. The van der Waals surface area contributed by atoms with Gasteiger partial charge in [0, 0.05) is 61.1 Å². The SMILES string of the molecule is Cc1cccc(Cl)c1CN1CCc2cc(-c3c(CN4CCC5(CCC5)CC4)nc(C)c(C(OC(C)(C)C)C(=O)O)c3N3CCC(C)(C)CC3)ccc2C1. The van der Waals surface area contributed by atoms with Crippen molar-refractivity contribution in [2.45, 2.75) is 131 Å². The maximum absolute atomic E-state index is 13.2. The standard InChI is InChI=1S/C45H61ClN4O3/c1-30-10-8-11-36(46)35(30)28-49-21-14-32-26-33(12-13-34(32)27-49)39-37(29-48-22-19-45(20-23-48)15-9-16-45)47-31(2)38(41(42(51)52)53-43(3,4)5)40(39)50-24-17-44(6,7)18-25-50/h8,10-13,26,41H,9,14-25,27-29H2,1-7H3,(H,51,52). The number of halogens is 1. The minimum absolute atomic E-state index is 0.237. The molecule has 1 unspecified atom stereocenters. The van der Waals surface area contributed by atoms with Crippen molar-refractivity contribution in [3.8, 4) is 11.1 Å². The molecular formula is C45H61ClN4O3. The van der Waals surface area contributed by atoms with E-state index in [9.17, 15) is 9.90 Å². The number of pyridine rings is 1. The Bertz CT molecular complexity index is 1800. The number of carbonyl (C=O) groups is 1. The fourth-order valence-corrected chi connectivity index (χ4v) is 9.59. The summed E-state index contributed by atoms with van der Waals surface area (Å²) in [7, 11) is 0. The fourth-order valence-electron chi connectivity index (χ4n) is 9.31. The Kier molecular flexibility index (Phi) is 10.8. The van der Waals surface area contributed by atoms with Gasteiger partial charge in [-0.2, -0.15) is 0 Å². The number of hydrogen-bond acceptors (Lipinski definition) is 6. The second-order valence-corrected chi connectivity index (χ2v) is 18.9. The van der Waals surface area contributed by atoms with E-state index in [1.54, 1.807) is 0 Å². The Morgan fingerprint density at radius 1 is 0.925 bits per heavy atom. The lowest BCUT2D eigenvalue weighted by molar-refractivity contribution is -0.160. The molecule has 0 amide bonds. The number of piperidine rings is 2. The van der Waals surface area contributed by atoms with Crippen LogP contribution in [0.3, 0.4) is 0 Å². The minimum atomic E-state index is -1.13. The number of hydrogen-bond donors (Lipinski definition) is 1. The molecule has 0 radical (unpaired) electrons. The van der Waals surface area contributed by atoms with Gasteiger partial charge in [-0.15, -0.1) is 0 Å². The second kappa shape index (κ2) is 14.9. The molecule has 1 spiro atoms. The van der Waals surface area contributed by atoms with Crippen molar-refractivity contribution in [2.24, 2.45) is 10.8 Å². The van der Waals surface area contributed by atoms with Gasteiger partial charge in [0.05, 0.1) is 17.0 Å². The van der Waals surface area contributed by atoms with Gasteiger partial charge in [-0.1, -0.05) is 62.2 Å². The van der Waals surface area contributed by atoms with Crippen LogP contribution in [0.4, 0.5) is 5.69 Å². The summed E-state index contributed by atoms with van der Waals surface area (Å²) in [5.41, 5.74) is 11.1. The van der Waals surface area contributed by atoms with E-state index in [0.717, 1.165) is 105 Å². The second-order valence-electron chi connectivity index (χ2n) is 18.5. The molecule has 286 valence electrons. The van der Waals surface area contributed by atoms with Crippen molar-refractivity contribution < 1.29 is 14.6 Å². The first-order chi connectivity index (χ1) is 25.1. The monoisotopic (exact) mass is 740 g/mol. The van der Waals surface area contributed by atoms with Crippen LogP contribution >= 0.6 is 11.6 Å². The predicted octanol–water partition coefficient (Wildman–Crippen LogP) is 9.91. The maximum Gasteiger partial charge on any atom is 0.337 e. The number of rotatable bonds is 9. The van der Waals surface area contributed by atoms with Crippen molar-refractivity contribution in [1.82, 2.24) is 14.8 Å². The average Bonchev–Trinajstić information content (AvgIpc) is 3.08. The normalized spacial score (nSPS) is 20.9. The number of carboxylic acids is 1. The highest BCUT2D eigenvalue weighted by molar-refractivity contribution is 6.31. The molecular weight excluding hydrogens is 680 g/mol. The number of likely N-dealkylation sites (tertiary alicyclic amines) is 1. The molecule has 8 heteroatoms. The van der Waals surface area contributed by atoms with Crippen LogP contribution in [-0.2, 0) is 35.6 Å². The topological polar surface area (TPSA) is 69.1 Å². The van der Waals surface area contributed by atoms with Gasteiger partial charge in [0.25, 0.3) is 0 Å². The van der Waals surface area contributed by atoms with Crippen molar-refractivity contribution >= 4 is 23.3 Å². The van der Waals surface area contributed by atoms with Gasteiger partial charge in [-0.05, 0) is 137 Å². The van der Waals surface area contributed by atoms with Gasteiger partial charge in [-0.25, -0.2) is 4.79 Å². The molecule has 53 heavy (non-hydrogen) atoms. The zero-order chi connectivity index (χ0) is 37.7. The van der Waals surface area contributed by atoms with E-state index in [4.69, 9.17) is 21.3 Å². The number of carboxylic acid groups (broad SMARTS) is 1. The van der Waals surface area contributed by atoms with Gasteiger partial charge in [0.2, 0.25) is 0 Å². The summed E-state index contributed by atoms with van der Waals surface area (Å²) in [6.07, 6.45) is 8.55. The van der Waals surface area contributed by atoms with Crippen LogP contribution < -0.4 is 4.90 Å². The molecule has 1 N–H and O–H groups in total. The van der Waals surface area contributed by atoms with Crippen LogP contribution in [0.2, 0.25) is 5.02 Å². The lowest BCUT2D eigenvalue weighted by Crippen LogP contribution is -2.43. The molecule has 4 aliphatic rings. The summed E-state index contributed by atoms with van der Waals surface area (Å²) < 4.78 is 6.44. The lowest BCUT2D eigenvalue weighted by Gasteiger charge is -2.48. The zero-order valence-electron chi connectivity index (χ0n) is 33.3. The molecule has 3 aliphatic heterocycles. The molecule has 1 saturated carbocycles. The van der Waals surface area contributed by atoms with E-state index in [2.05, 4.69) is 59.7 Å². The van der Waals surface area contributed by atoms with Crippen molar-refractivity contribution in [1.29, 1.82) is 0 Å². The van der Waals surface area contributed by atoms with Gasteiger partial charge in [-0.3, -0.25) is 14.8 Å². The van der Waals surface area contributed by atoms with Crippen molar-refractivity contribution in [3.05, 3.63) is 80.6 Å². The van der Waals surface area contributed by atoms with Crippen LogP contribution in [0.5, 0.6) is 0 Å². The van der Waals surface area contributed by atoms with E-state index < -0.39 is 17.7 Å². The summed E-state index contributed by atoms with van der Waals surface area (Å²) in [6, 6.07) is 13.1. The van der Waals surface area contributed by atoms with Crippen LogP contribution in [0.15, 0.2) is 36.4 Å². The van der Waals surface area contributed by atoms with E-state index >= 15 is 0 Å². The summed E-state index contributed by atoms with van der Waals surface area (Å²) in [4.78, 5) is 26.2. The molecule has 2 saturated heterocycles. The molecule has 7 nitrogen and oxygen atoms in total. The molecule has 4 heterocycles. The lowest BCUT2D eigenvalue weighted by atomic mass is 9.63. The van der Waals surface area contributed by atoms with Crippen LogP contribution in [0, 0.1) is 24.7 Å². The molecule has 1 atom stereocenters. The number of nitrogens with zero attached hydrogens (tertiary/aromatic N) is 4. The third-order valence-corrected chi connectivity index (χ3v) is 13.2. The quantitative estimate of drug-likeness (QED) is 0.234. The third-order valence-electron chi connectivity index (χ3n) is 12.9. The molecule has 7 rings (SSSR count). The van der Waals surface area contributed by atoms with Gasteiger partial charge in [0.1, 0.15) is 0 Å². The molecule has 2 aromatic carbocycles. The van der Waals surface area contributed by atoms with E-state index in [-0.39, 0.29) is 5.41 Å². The summed E-state index contributed by atoms with van der Waals surface area (Å²) in [6.45, 7) is 22.0. The largest absolute Gasteiger partial charge is 0.479 e. The number of anilines is 1. The first-order valence-corrected chi connectivity index (χ1v) is 20.5. The molecule has 3 aromatic rings. The highest BCUT2D eigenvalue weighted by Crippen LogP contribution is 2.50. The summed E-state index contributed by atoms with van der Waals surface area (Å²) in [5, 5.41) is 11.7. The summed E-state index contributed by atoms with van der Waals surface area (Å²) in [5.74, 6) is -0.969. The van der Waals surface area contributed by atoms with Crippen LogP contribution in [0.25, 0.3) is 11.1 Å². The molecule has 1 aliphatic carbocycles. The Morgan fingerprint density at radius 2 is 1.64 bits per heavy atom. The number of fused-ring (bicyclic) bond motifs is 1. The number of benzene rings is 2. The van der Waals surface area contributed by atoms with Crippen molar-refractivity contribution in [3.63, 3.8) is 0 Å². The first-order valence-electron chi connectivity index (χ1n) is 20.1. The molecule has 1 aromatic heterocycles. The maximum atomic E-state index is 13.2. The van der Waals surface area contributed by atoms with Gasteiger partial charge in [0.15, 0.2) is 6.10 Å². The Morgan fingerprint density at radius 3 is 2.26 bits per heavy atom. The smallest absolute Gasteiger partial charge is 0.337 e. The third kappa shape index (κ3) is 8.34. The van der Waals surface area contributed by atoms with Crippen LogP contribution in [-0.4, -0.2) is 64.2 Å². The minimum Gasteiger partial charge on any atom is -0.479 e. The number of ether oxygens (including phenoxy) is 1. The van der Waals surface area contributed by atoms with Crippen molar-refractivity contribution in [2.75, 3.05) is 37.6 Å². The van der Waals surface area contributed by atoms with E-state index in [1.807, 2.05) is 39.8 Å². The Labute approximate surface area is 323 Å². The fraction of sp³-hybridized carbons (Fsp3) is 0.600. The zero-order valence-corrected chi connectivity index (χ0v) is 34.0. The highest BCUT2D eigenvalue weighted by atomic mass is 35.5. The highest BCUT2D eigenvalue weighted by Gasteiger charge is 2.41. The molecule has 3 fully saturated rings. The predicted molar refractivity (Wildman–Crippen MR) is 216 cm³/mol. The Balaban J connectivity index is 1.32. The summed E-state index contributed by atoms with van der Waals surface area (Å²) >= 11 is 6.66. The van der Waals surface area contributed by atoms with Gasteiger partial charge < -0.3 is 14.7 Å².